The molecule has 0 spiro atoms. The van der Waals surface area contributed by atoms with Gasteiger partial charge >= 0.3 is 0 Å². The Kier molecular flexibility index (Phi) is 7.72. The van der Waals surface area contributed by atoms with Crippen molar-refractivity contribution in [2.45, 2.75) is 32.7 Å². The van der Waals surface area contributed by atoms with E-state index in [1.807, 2.05) is 12.1 Å². The summed E-state index contributed by atoms with van der Waals surface area (Å²) in [4.78, 5) is 3.99. The van der Waals surface area contributed by atoms with E-state index in [-0.39, 0.29) is 5.75 Å². The number of nitrogens with one attached hydrogen (secondary N) is 1. The van der Waals surface area contributed by atoms with Gasteiger partial charge in [0.05, 0.1) is 5.75 Å². The molecule has 0 fully saturated rings. The van der Waals surface area contributed by atoms with Crippen LogP contribution in [0.15, 0.2) is 24.5 Å². The monoisotopic (exact) mass is 299 g/mol. The minimum absolute atomic E-state index is 0.206. The number of hydrogen-bond acceptors (Lipinski definition) is 4. The molecule has 0 bridgehead atoms. The highest BCUT2D eigenvalue weighted by atomic mass is 32.2. The summed E-state index contributed by atoms with van der Waals surface area (Å²) in [5.74, 6) is 0.206. The van der Waals surface area contributed by atoms with E-state index in [0.29, 0.717) is 13.0 Å². The lowest BCUT2D eigenvalue weighted by atomic mass is 10.3. The number of unbranched alkanes of at least 4 members (excludes halogenated alkanes) is 1. The van der Waals surface area contributed by atoms with Crippen LogP contribution in [0.5, 0.6) is 0 Å². The lowest BCUT2D eigenvalue weighted by Crippen LogP contribution is -2.29. The molecule has 0 radical (unpaired) electrons. The van der Waals surface area contributed by atoms with Crippen molar-refractivity contribution in [1.82, 2.24) is 14.6 Å². The second kappa shape index (κ2) is 9.05. The number of hydrogen-bond donors (Lipinski definition) is 1. The summed E-state index contributed by atoms with van der Waals surface area (Å²) < 4.78 is 25.6. The molecule has 1 N–H and O–H groups in total. The first-order valence-electron chi connectivity index (χ1n) is 7.10. The molecule has 114 valence electrons. The van der Waals surface area contributed by atoms with Gasteiger partial charge in [0.2, 0.25) is 10.0 Å². The fraction of sp³-hybridized carbons (Fsp3) is 0.643. The number of sulfonamides is 1. The Morgan fingerprint density at radius 3 is 2.75 bits per heavy atom. The van der Waals surface area contributed by atoms with Gasteiger partial charge < -0.3 is 5.32 Å². The maximum absolute atomic E-state index is 12.1. The van der Waals surface area contributed by atoms with Crippen molar-refractivity contribution < 1.29 is 8.42 Å². The van der Waals surface area contributed by atoms with Crippen LogP contribution in [0.4, 0.5) is 0 Å². The van der Waals surface area contributed by atoms with Crippen molar-refractivity contribution in [3.63, 3.8) is 0 Å². The van der Waals surface area contributed by atoms with Gasteiger partial charge in [0, 0.05) is 26.0 Å². The molecule has 0 aliphatic carbocycles. The lowest BCUT2D eigenvalue weighted by Gasteiger charge is -2.17. The van der Waals surface area contributed by atoms with Crippen molar-refractivity contribution in [1.29, 1.82) is 0 Å². The van der Waals surface area contributed by atoms with Crippen molar-refractivity contribution >= 4 is 10.0 Å². The molecule has 6 heteroatoms. The number of pyridine rings is 1. The molecule has 0 unspecified atom stereocenters. The van der Waals surface area contributed by atoms with Gasteiger partial charge in [0.15, 0.2) is 0 Å². The molecule has 0 aromatic carbocycles. The molecular formula is C14H25N3O2S. The highest BCUT2D eigenvalue weighted by Gasteiger charge is 2.17. The fourth-order valence-electron chi connectivity index (χ4n) is 1.84. The van der Waals surface area contributed by atoms with Crippen LogP contribution < -0.4 is 5.32 Å². The molecule has 20 heavy (non-hydrogen) atoms. The highest BCUT2D eigenvalue weighted by molar-refractivity contribution is 7.89. The van der Waals surface area contributed by atoms with Crippen LogP contribution in [0.2, 0.25) is 0 Å². The van der Waals surface area contributed by atoms with Crippen molar-refractivity contribution in [2.75, 3.05) is 25.9 Å². The maximum Gasteiger partial charge on any atom is 0.214 e. The minimum Gasteiger partial charge on any atom is -0.317 e. The van der Waals surface area contributed by atoms with Crippen LogP contribution in [0.25, 0.3) is 0 Å². The van der Waals surface area contributed by atoms with Gasteiger partial charge in [0.1, 0.15) is 0 Å². The number of nitrogens with zero attached hydrogens (tertiary/aromatic N) is 2. The Morgan fingerprint density at radius 1 is 1.30 bits per heavy atom. The Hall–Kier alpha value is -0.980. The van der Waals surface area contributed by atoms with Crippen LogP contribution in [0.3, 0.4) is 0 Å². The predicted molar refractivity (Wildman–Crippen MR) is 81.9 cm³/mol. The molecule has 0 amide bonds. The maximum atomic E-state index is 12.1. The summed E-state index contributed by atoms with van der Waals surface area (Å²) in [6, 6.07) is 3.70. The lowest BCUT2D eigenvalue weighted by molar-refractivity contribution is 0.463. The van der Waals surface area contributed by atoms with Crippen LogP contribution in [-0.2, 0) is 16.6 Å². The molecule has 1 heterocycles. The third-order valence-corrected chi connectivity index (χ3v) is 4.92. The van der Waals surface area contributed by atoms with E-state index in [0.717, 1.165) is 31.5 Å². The Balaban J connectivity index is 2.32. The van der Waals surface area contributed by atoms with Crippen LogP contribution in [-0.4, -0.2) is 43.6 Å². The average molecular weight is 299 g/mol. The van der Waals surface area contributed by atoms with Gasteiger partial charge in [-0.3, -0.25) is 4.98 Å². The van der Waals surface area contributed by atoms with Crippen molar-refractivity contribution in [3.8, 4) is 0 Å². The quantitative estimate of drug-likeness (QED) is 0.667. The molecule has 0 atom stereocenters. The van der Waals surface area contributed by atoms with E-state index in [2.05, 4.69) is 17.2 Å². The van der Waals surface area contributed by atoms with E-state index >= 15 is 0 Å². The first-order valence-corrected chi connectivity index (χ1v) is 8.71. The largest absolute Gasteiger partial charge is 0.317 e. The van der Waals surface area contributed by atoms with Gasteiger partial charge in [-0.25, -0.2) is 12.7 Å². The zero-order valence-corrected chi connectivity index (χ0v) is 13.2. The molecule has 1 aromatic rings. The number of rotatable bonds is 10. The summed E-state index contributed by atoms with van der Waals surface area (Å²) >= 11 is 0. The molecule has 5 nitrogen and oxygen atoms in total. The van der Waals surface area contributed by atoms with E-state index < -0.39 is 10.0 Å². The molecule has 0 saturated carbocycles. The fourth-order valence-corrected chi connectivity index (χ4v) is 3.07. The molecule has 1 aromatic heterocycles. The smallest absolute Gasteiger partial charge is 0.214 e. The zero-order valence-electron chi connectivity index (χ0n) is 12.4. The van der Waals surface area contributed by atoms with Crippen LogP contribution >= 0.6 is 0 Å². The normalized spacial score (nSPS) is 11.9. The molecule has 0 aliphatic rings. The van der Waals surface area contributed by atoms with E-state index in [1.54, 1.807) is 19.4 Å². The van der Waals surface area contributed by atoms with Gasteiger partial charge in [-0.1, -0.05) is 13.0 Å². The van der Waals surface area contributed by atoms with Gasteiger partial charge in [-0.05, 0) is 44.0 Å². The third-order valence-electron chi connectivity index (χ3n) is 3.04. The zero-order chi connectivity index (χ0) is 14.8. The molecule has 1 rings (SSSR count). The van der Waals surface area contributed by atoms with Crippen molar-refractivity contribution in [3.05, 3.63) is 30.1 Å². The topological polar surface area (TPSA) is 62.3 Å². The van der Waals surface area contributed by atoms with E-state index in [9.17, 15) is 8.42 Å². The van der Waals surface area contributed by atoms with Crippen LogP contribution in [0, 0.1) is 0 Å². The first kappa shape index (κ1) is 17.1. The standard InChI is InChI=1S/C14H25N3O2S/c1-3-8-15-9-4-5-11-20(18,19)17(2)13-14-7-6-10-16-12-14/h6-7,10,12,15H,3-5,8-9,11,13H2,1-2H3. The SMILES string of the molecule is CCCNCCCCS(=O)(=O)N(C)Cc1cccnc1. The Bertz CT molecular complexity index is 463. The summed E-state index contributed by atoms with van der Waals surface area (Å²) in [5, 5.41) is 3.27. The summed E-state index contributed by atoms with van der Waals surface area (Å²) in [6.45, 7) is 4.37. The third kappa shape index (κ3) is 6.45. The summed E-state index contributed by atoms with van der Waals surface area (Å²) in [5.41, 5.74) is 0.906. The Labute approximate surface area is 122 Å². The molecular weight excluding hydrogens is 274 g/mol. The molecule has 0 aliphatic heterocycles. The van der Waals surface area contributed by atoms with Gasteiger partial charge in [0.25, 0.3) is 0 Å². The predicted octanol–water partition coefficient (Wildman–Crippen LogP) is 1.62. The van der Waals surface area contributed by atoms with Gasteiger partial charge in [-0.15, -0.1) is 0 Å². The van der Waals surface area contributed by atoms with Gasteiger partial charge in [-0.2, -0.15) is 0 Å². The van der Waals surface area contributed by atoms with E-state index in [4.69, 9.17) is 0 Å². The van der Waals surface area contributed by atoms with Crippen LogP contribution in [0.1, 0.15) is 31.7 Å². The minimum atomic E-state index is -3.17. The highest BCUT2D eigenvalue weighted by Crippen LogP contribution is 2.08. The summed E-state index contributed by atoms with van der Waals surface area (Å²) in [7, 11) is -1.55. The first-order chi connectivity index (χ1) is 9.56. The average Bonchev–Trinajstić information content (AvgIpc) is 2.43. The second-order valence-electron chi connectivity index (χ2n) is 4.89. The molecule has 0 saturated heterocycles. The van der Waals surface area contributed by atoms with Crippen molar-refractivity contribution in [2.24, 2.45) is 0 Å². The second-order valence-corrected chi connectivity index (χ2v) is 7.09. The van der Waals surface area contributed by atoms with E-state index in [1.165, 1.54) is 4.31 Å². The summed E-state index contributed by atoms with van der Waals surface area (Å²) in [6.07, 6.45) is 6.06. The number of aromatic nitrogens is 1. The Morgan fingerprint density at radius 2 is 2.10 bits per heavy atom.